The van der Waals surface area contributed by atoms with Crippen molar-refractivity contribution >= 4 is 17.6 Å². The third kappa shape index (κ3) is 3.61. The highest BCUT2D eigenvalue weighted by atomic mass is 16.5. The van der Waals surface area contributed by atoms with Crippen LogP contribution in [0.5, 0.6) is 11.5 Å². The first-order valence-electron chi connectivity index (χ1n) is 5.61. The Morgan fingerprint density at radius 1 is 1.16 bits per heavy atom. The minimum atomic E-state index is -0.596. The van der Waals surface area contributed by atoms with Gasteiger partial charge in [-0.15, -0.1) is 0 Å². The summed E-state index contributed by atoms with van der Waals surface area (Å²) in [7, 11) is 4.28. The van der Waals surface area contributed by atoms with Crippen molar-refractivity contribution in [1.29, 1.82) is 0 Å². The molecule has 1 rings (SSSR count). The van der Waals surface area contributed by atoms with E-state index in [4.69, 9.17) is 9.47 Å². The number of benzene rings is 1. The first-order chi connectivity index (χ1) is 9.03. The quantitative estimate of drug-likeness (QED) is 0.646. The second kappa shape index (κ2) is 6.63. The van der Waals surface area contributed by atoms with Gasteiger partial charge in [0.1, 0.15) is 17.9 Å². The van der Waals surface area contributed by atoms with Crippen LogP contribution in [0.3, 0.4) is 0 Å². The average molecular weight is 267 g/mol. The van der Waals surface area contributed by atoms with E-state index in [-0.39, 0.29) is 6.42 Å². The summed E-state index contributed by atoms with van der Waals surface area (Å²) in [6.07, 6.45) is -0.343. The zero-order valence-corrected chi connectivity index (χ0v) is 11.4. The van der Waals surface area contributed by atoms with Crippen LogP contribution in [0.15, 0.2) is 12.1 Å². The molecule has 1 amide bonds. The molecule has 0 aliphatic heterocycles. The van der Waals surface area contributed by atoms with E-state index in [2.05, 4.69) is 10.1 Å². The molecule has 0 saturated heterocycles. The highest BCUT2D eigenvalue weighted by Gasteiger charge is 2.15. The summed E-state index contributed by atoms with van der Waals surface area (Å²) >= 11 is 0. The van der Waals surface area contributed by atoms with Crippen molar-refractivity contribution in [3.8, 4) is 11.5 Å². The first kappa shape index (κ1) is 14.8. The number of methoxy groups -OCH3 is 3. The van der Waals surface area contributed by atoms with Crippen molar-refractivity contribution in [2.24, 2.45) is 0 Å². The van der Waals surface area contributed by atoms with Crippen molar-refractivity contribution in [2.45, 2.75) is 13.3 Å². The predicted octanol–water partition coefficient (Wildman–Crippen LogP) is 1.51. The minimum absolute atomic E-state index is 0.343. The molecule has 0 spiro atoms. The summed E-state index contributed by atoms with van der Waals surface area (Å²) in [5, 5.41) is 2.60. The number of carbonyl (C=O) groups excluding carboxylic acids is 2. The molecule has 0 aliphatic rings. The number of ether oxygens (including phenoxy) is 3. The van der Waals surface area contributed by atoms with Crippen LogP contribution in [-0.4, -0.2) is 33.2 Å². The lowest BCUT2D eigenvalue weighted by Crippen LogP contribution is -2.17. The van der Waals surface area contributed by atoms with E-state index in [1.807, 2.05) is 6.92 Å². The van der Waals surface area contributed by atoms with Gasteiger partial charge in [-0.2, -0.15) is 0 Å². The molecule has 0 saturated carbocycles. The Morgan fingerprint density at radius 2 is 1.84 bits per heavy atom. The van der Waals surface area contributed by atoms with Gasteiger partial charge in [0, 0.05) is 5.56 Å². The molecule has 0 fully saturated rings. The standard InChI is InChI=1S/C13H17NO5/c1-8-10(17-2)6-5-9(13(8)19-4)14-11(15)7-12(16)18-3/h5-6H,7H2,1-4H3,(H,14,15). The Bertz CT molecular complexity index is 484. The van der Waals surface area contributed by atoms with Gasteiger partial charge in [-0.05, 0) is 19.1 Å². The molecule has 6 heteroatoms. The number of anilines is 1. The third-order valence-electron chi connectivity index (χ3n) is 2.59. The topological polar surface area (TPSA) is 73.9 Å². The fourth-order valence-electron chi connectivity index (χ4n) is 1.65. The van der Waals surface area contributed by atoms with Crippen LogP contribution >= 0.6 is 0 Å². The summed E-state index contributed by atoms with van der Waals surface area (Å²) in [6, 6.07) is 3.37. The van der Waals surface area contributed by atoms with Crippen LogP contribution < -0.4 is 14.8 Å². The third-order valence-corrected chi connectivity index (χ3v) is 2.59. The molecule has 0 heterocycles. The van der Waals surface area contributed by atoms with E-state index in [0.29, 0.717) is 17.2 Å². The van der Waals surface area contributed by atoms with Gasteiger partial charge in [-0.3, -0.25) is 9.59 Å². The zero-order valence-electron chi connectivity index (χ0n) is 11.4. The molecule has 19 heavy (non-hydrogen) atoms. The number of nitrogens with one attached hydrogen (secondary N) is 1. The molecule has 104 valence electrons. The summed E-state index contributed by atoms with van der Waals surface area (Å²) in [4.78, 5) is 22.6. The highest BCUT2D eigenvalue weighted by Crippen LogP contribution is 2.34. The smallest absolute Gasteiger partial charge is 0.315 e. The summed E-state index contributed by atoms with van der Waals surface area (Å²) in [6.45, 7) is 1.81. The SMILES string of the molecule is COC(=O)CC(=O)Nc1ccc(OC)c(C)c1OC. The molecule has 0 unspecified atom stereocenters. The lowest BCUT2D eigenvalue weighted by atomic mass is 10.1. The number of rotatable bonds is 5. The monoisotopic (exact) mass is 267 g/mol. The molecule has 6 nitrogen and oxygen atoms in total. The Morgan fingerprint density at radius 3 is 2.37 bits per heavy atom. The van der Waals surface area contributed by atoms with Gasteiger partial charge < -0.3 is 19.5 Å². The van der Waals surface area contributed by atoms with Crippen LogP contribution in [0.25, 0.3) is 0 Å². The van der Waals surface area contributed by atoms with Gasteiger partial charge in [0.25, 0.3) is 0 Å². The first-order valence-corrected chi connectivity index (χ1v) is 5.61. The molecule has 0 atom stereocenters. The summed E-state index contributed by atoms with van der Waals surface area (Å²) < 4.78 is 14.8. The molecule has 0 bridgehead atoms. The van der Waals surface area contributed by atoms with Crippen LogP contribution in [0.4, 0.5) is 5.69 Å². The van der Waals surface area contributed by atoms with Crippen molar-refractivity contribution in [2.75, 3.05) is 26.6 Å². The maximum Gasteiger partial charge on any atom is 0.315 e. The second-order valence-corrected chi connectivity index (χ2v) is 3.77. The van der Waals surface area contributed by atoms with Crippen molar-refractivity contribution in [3.05, 3.63) is 17.7 Å². The number of hydrogen-bond acceptors (Lipinski definition) is 5. The summed E-state index contributed by atoms with van der Waals surface area (Å²) in [5.74, 6) is 0.0943. The van der Waals surface area contributed by atoms with Gasteiger partial charge in [0.15, 0.2) is 0 Å². The number of carbonyl (C=O) groups is 2. The zero-order chi connectivity index (χ0) is 14.4. The lowest BCUT2D eigenvalue weighted by Gasteiger charge is -2.14. The molecular formula is C13H17NO5. The van der Waals surface area contributed by atoms with Gasteiger partial charge in [-0.1, -0.05) is 0 Å². The fourth-order valence-corrected chi connectivity index (χ4v) is 1.65. The van der Waals surface area contributed by atoms with Crippen molar-refractivity contribution < 1.29 is 23.8 Å². The molecule has 0 radical (unpaired) electrons. The Hall–Kier alpha value is -2.24. The average Bonchev–Trinajstić information content (AvgIpc) is 2.39. The van der Waals surface area contributed by atoms with Gasteiger partial charge >= 0.3 is 5.97 Å². The highest BCUT2D eigenvalue weighted by molar-refractivity contribution is 6.02. The van der Waals surface area contributed by atoms with E-state index in [1.54, 1.807) is 19.2 Å². The second-order valence-electron chi connectivity index (χ2n) is 3.77. The van der Waals surface area contributed by atoms with Crippen LogP contribution in [0.1, 0.15) is 12.0 Å². The molecule has 1 aromatic carbocycles. The van der Waals surface area contributed by atoms with Gasteiger partial charge in [0.05, 0.1) is 27.0 Å². The van der Waals surface area contributed by atoms with Crippen LogP contribution in [0, 0.1) is 6.92 Å². The Labute approximate surface area is 111 Å². The maximum atomic E-state index is 11.6. The molecule has 1 aromatic rings. The predicted molar refractivity (Wildman–Crippen MR) is 69.5 cm³/mol. The Balaban J connectivity index is 2.92. The van der Waals surface area contributed by atoms with E-state index < -0.39 is 11.9 Å². The van der Waals surface area contributed by atoms with Gasteiger partial charge in [-0.25, -0.2) is 0 Å². The number of esters is 1. The van der Waals surface area contributed by atoms with Gasteiger partial charge in [0.2, 0.25) is 5.91 Å². The summed E-state index contributed by atoms with van der Waals surface area (Å²) in [5.41, 5.74) is 1.25. The van der Waals surface area contributed by atoms with E-state index >= 15 is 0 Å². The number of hydrogen-bond donors (Lipinski definition) is 1. The normalized spacial score (nSPS) is 9.68. The van der Waals surface area contributed by atoms with Crippen LogP contribution in [-0.2, 0) is 14.3 Å². The Kier molecular flexibility index (Phi) is 5.17. The minimum Gasteiger partial charge on any atom is -0.496 e. The maximum absolute atomic E-state index is 11.6. The van der Waals surface area contributed by atoms with Crippen LogP contribution in [0.2, 0.25) is 0 Å². The molecule has 1 N–H and O–H groups in total. The van der Waals surface area contributed by atoms with E-state index in [9.17, 15) is 9.59 Å². The number of amides is 1. The molecule has 0 aromatic heterocycles. The lowest BCUT2D eigenvalue weighted by molar-refractivity contribution is -0.142. The molecular weight excluding hydrogens is 250 g/mol. The van der Waals surface area contributed by atoms with E-state index in [0.717, 1.165) is 5.56 Å². The fraction of sp³-hybridized carbons (Fsp3) is 0.385. The molecule has 0 aliphatic carbocycles. The van der Waals surface area contributed by atoms with Crippen molar-refractivity contribution in [3.63, 3.8) is 0 Å². The van der Waals surface area contributed by atoms with Crippen molar-refractivity contribution in [1.82, 2.24) is 0 Å². The largest absolute Gasteiger partial charge is 0.496 e. The van der Waals surface area contributed by atoms with E-state index in [1.165, 1.54) is 14.2 Å².